The van der Waals surface area contributed by atoms with E-state index in [1.165, 1.54) is 30.8 Å². The summed E-state index contributed by atoms with van der Waals surface area (Å²) < 4.78 is 19.7. The van der Waals surface area contributed by atoms with Crippen LogP contribution in [0, 0.1) is 11.7 Å². The lowest BCUT2D eigenvalue weighted by Crippen LogP contribution is -2.25. The van der Waals surface area contributed by atoms with Crippen LogP contribution < -0.4 is 9.64 Å². The van der Waals surface area contributed by atoms with Gasteiger partial charge < -0.3 is 9.64 Å². The minimum atomic E-state index is -0.431. The molecule has 1 unspecified atom stereocenters. The SMILES string of the molecule is CCOc1c(Br)cc(F)cc1N1CC(CSC(C)=O)CC1=O. The molecule has 1 fully saturated rings. The number of carbonyl (C=O) groups excluding carboxylic acids is 2. The largest absolute Gasteiger partial charge is 0.490 e. The summed E-state index contributed by atoms with van der Waals surface area (Å²) in [5.74, 6) is 0.639. The Hall–Kier alpha value is -1.08. The molecule has 2 rings (SSSR count). The number of halogens is 2. The van der Waals surface area contributed by atoms with Gasteiger partial charge >= 0.3 is 0 Å². The standard InChI is InChI=1S/C15H17BrFNO3S/c1-3-21-15-12(16)5-11(17)6-13(15)18-7-10(4-14(18)20)8-22-9(2)19/h5-6,10H,3-4,7-8H2,1-2H3. The lowest BCUT2D eigenvalue weighted by molar-refractivity contribution is -0.117. The molecule has 0 N–H and O–H groups in total. The smallest absolute Gasteiger partial charge is 0.227 e. The number of benzene rings is 1. The molecule has 1 amide bonds. The second kappa shape index (κ2) is 7.46. The van der Waals surface area contributed by atoms with Crippen LogP contribution in [-0.2, 0) is 9.59 Å². The Bertz CT molecular complexity index is 596. The molecule has 1 heterocycles. The van der Waals surface area contributed by atoms with E-state index < -0.39 is 5.82 Å². The third-order valence-electron chi connectivity index (χ3n) is 3.30. The number of rotatable bonds is 5. The summed E-state index contributed by atoms with van der Waals surface area (Å²) in [6.07, 6.45) is 0.361. The average molecular weight is 390 g/mol. The minimum Gasteiger partial charge on any atom is -0.490 e. The summed E-state index contributed by atoms with van der Waals surface area (Å²) >= 11 is 4.50. The predicted molar refractivity (Wildman–Crippen MR) is 88.9 cm³/mol. The van der Waals surface area contributed by atoms with Gasteiger partial charge in [-0.2, -0.15) is 0 Å². The highest BCUT2D eigenvalue weighted by molar-refractivity contribution is 9.10. The van der Waals surface area contributed by atoms with Crippen LogP contribution in [0.4, 0.5) is 10.1 Å². The molecule has 0 aliphatic carbocycles. The minimum absolute atomic E-state index is 0.0365. The topological polar surface area (TPSA) is 46.6 Å². The Morgan fingerprint density at radius 1 is 1.55 bits per heavy atom. The highest BCUT2D eigenvalue weighted by Gasteiger charge is 2.33. The van der Waals surface area contributed by atoms with Gasteiger partial charge in [0.1, 0.15) is 5.82 Å². The van der Waals surface area contributed by atoms with Crippen LogP contribution in [-0.4, -0.2) is 29.9 Å². The first-order valence-electron chi connectivity index (χ1n) is 6.98. The zero-order chi connectivity index (χ0) is 16.3. The van der Waals surface area contributed by atoms with E-state index in [1.54, 1.807) is 4.90 Å². The van der Waals surface area contributed by atoms with Crippen LogP contribution in [0.5, 0.6) is 5.75 Å². The van der Waals surface area contributed by atoms with E-state index in [9.17, 15) is 14.0 Å². The van der Waals surface area contributed by atoms with Crippen molar-refractivity contribution in [2.24, 2.45) is 5.92 Å². The zero-order valence-electron chi connectivity index (χ0n) is 12.4. The van der Waals surface area contributed by atoms with Gasteiger partial charge in [-0.3, -0.25) is 9.59 Å². The molecular weight excluding hydrogens is 373 g/mol. The molecular formula is C15H17BrFNO3S. The number of ether oxygens (including phenoxy) is 1. The molecule has 1 aliphatic heterocycles. The van der Waals surface area contributed by atoms with Gasteiger partial charge in [0.15, 0.2) is 10.9 Å². The number of hydrogen-bond donors (Lipinski definition) is 0. The van der Waals surface area contributed by atoms with Crippen molar-refractivity contribution < 1.29 is 18.7 Å². The van der Waals surface area contributed by atoms with Gasteiger partial charge in [0.2, 0.25) is 5.91 Å². The number of hydrogen-bond acceptors (Lipinski definition) is 4. The van der Waals surface area contributed by atoms with E-state index in [4.69, 9.17) is 4.74 Å². The molecule has 1 saturated heterocycles. The lowest BCUT2D eigenvalue weighted by atomic mass is 10.1. The van der Waals surface area contributed by atoms with Gasteiger partial charge in [0.05, 0.1) is 16.8 Å². The van der Waals surface area contributed by atoms with Crippen molar-refractivity contribution in [2.45, 2.75) is 20.3 Å². The first kappa shape index (κ1) is 17.3. The highest BCUT2D eigenvalue weighted by Crippen LogP contribution is 2.39. The second-order valence-corrected chi connectivity index (χ2v) is 7.10. The number of thioether (sulfide) groups is 1. The Kier molecular flexibility index (Phi) is 5.86. The number of carbonyl (C=O) groups is 2. The average Bonchev–Trinajstić information content (AvgIpc) is 2.80. The molecule has 22 heavy (non-hydrogen) atoms. The van der Waals surface area contributed by atoms with Crippen molar-refractivity contribution in [3.8, 4) is 5.75 Å². The summed E-state index contributed by atoms with van der Waals surface area (Å²) in [7, 11) is 0. The van der Waals surface area contributed by atoms with E-state index >= 15 is 0 Å². The van der Waals surface area contributed by atoms with Crippen LogP contribution >= 0.6 is 27.7 Å². The molecule has 1 aromatic carbocycles. The fourth-order valence-corrected chi connectivity index (χ4v) is 3.63. The molecule has 1 atom stereocenters. The van der Waals surface area contributed by atoms with E-state index in [0.717, 1.165) is 0 Å². The van der Waals surface area contributed by atoms with Gasteiger partial charge in [0, 0.05) is 31.7 Å². The van der Waals surface area contributed by atoms with Crippen LogP contribution in [0.15, 0.2) is 16.6 Å². The fourth-order valence-electron chi connectivity index (χ4n) is 2.40. The van der Waals surface area contributed by atoms with Crippen molar-refractivity contribution in [3.63, 3.8) is 0 Å². The molecule has 0 spiro atoms. The Morgan fingerprint density at radius 2 is 2.27 bits per heavy atom. The van der Waals surface area contributed by atoms with Crippen molar-refractivity contribution in [1.82, 2.24) is 0 Å². The number of nitrogens with zero attached hydrogens (tertiary/aromatic N) is 1. The zero-order valence-corrected chi connectivity index (χ0v) is 14.8. The molecule has 0 saturated carbocycles. The maximum absolute atomic E-state index is 13.7. The molecule has 0 aromatic heterocycles. The summed E-state index contributed by atoms with van der Waals surface area (Å²) in [5.41, 5.74) is 0.439. The number of anilines is 1. The molecule has 120 valence electrons. The van der Waals surface area contributed by atoms with Crippen LogP contribution in [0.1, 0.15) is 20.3 Å². The first-order chi connectivity index (χ1) is 10.4. The Balaban J connectivity index is 2.24. The van der Waals surface area contributed by atoms with Crippen molar-refractivity contribution in [1.29, 1.82) is 0 Å². The predicted octanol–water partition coefficient (Wildman–Crippen LogP) is 3.62. The van der Waals surface area contributed by atoms with Crippen molar-refractivity contribution in [2.75, 3.05) is 23.8 Å². The summed E-state index contributed by atoms with van der Waals surface area (Å²) in [6, 6.07) is 2.63. The van der Waals surface area contributed by atoms with E-state index in [1.807, 2.05) is 6.92 Å². The molecule has 1 aromatic rings. The molecule has 7 heteroatoms. The van der Waals surface area contributed by atoms with Gasteiger partial charge in [-0.25, -0.2) is 4.39 Å². The van der Waals surface area contributed by atoms with Gasteiger partial charge in [-0.05, 0) is 34.8 Å². The molecule has 0 bridgehead atoms. The van der Waals surface area contributed by atoms with Crippen LogP contribution in [0.2, 0.25) is 0 Å². The maximum atomic E-state index is 13.7. The van der Waals surface area contributed by atoms with E-state index in [-0.39, 0.29) is 16.9 Å². The van der Waals surface area contributed by atoms with Crippen LogP contribution in [0.3, 0.4) is 0 Å². The van der Waals surface area contributed by atoms with Gasteiger partial charge in [-0.15, -0.1) is 0 Å². The van der Waals surface area contributed by atoms with E-state index in [2.05, 4.69) is 15.9 Å². The fraction of sp³-hybridized carbons (Fsp3) is 0.467. The van der Waals surface area contributed by atoms with Crippen LogP contribution in [0.25, 0.3) is 0 Å². The normalized spacial score (nSPS) is 17.9. The van der Waals surface area contributed by atoms with E-state index in [0.29, 0.717) is 41.2 Å². The maximum Gasteiger partial charge on any atom is 0.227 e. The lowest BCUT2D eigenvalue weighted by Gasteiger charge is -2.21. The van der Waals surface area contributed by atoms with Gasteiger partial charge in [0.25, 0.3) is 0 Å². The third kappa shape index (κ3) is 4.01. The molecule has 4 nitrogen and oxygen atoms in total. The number of amides is 1. The summed E-state index contributed by atoms with van der Waals surface area (Å²) in [5, 5.41) is 0.0365. The van der Waals surface area contributed by atoms with Crippen molar-refractivity contribution in [3.05, 3.63) is 22.4 Å². The molecule has 1 aliphatic rings. The monoisotopic (exact) mass is 389 g/mol. The Labute approximate surface area is 141 Å². The van der Waals surface area contributed by atoms with Gasteiger partial charge in [-0.1, -0.05) is 11.8 Å². The summed E-state index contributed by atoms with van der Waals surface area (Å²) in [4.78, 5) is 24.8. The Morgan fingerprint density at radius 3 is 2.91 bits per heavy atom. The third-order valence-corrected chi connectivity index (χ3v) is 4.93. The highest BCUT2D eigenvalue weighted by atomic mass is 79.9. The quantitative estimate of drug-likeness (QED) is 0.771. The molecule has 0 radical (unpaired) electrons. The second-order valence-electron chi connectivity index (χ2n) is 5.05. The van der Waals surface area contributed by atoms with Crippen molar-refractivity contribution >= 4 is 44.4 Å². The summed E-state index contributed by atoms with van der Waals surface area (Å²) in [6.45, 7) is 4.23. The first-order valence-corrected chi connectivity index (χ1v) is 8.75.